The number of halogens is 3. The summed E-state index contributed by atoms with van der Waals surface area (Å²) < 4.78 is 28.3. The van der Waals surface area contributed by atoms with Crippen LogP contribution < -0.4 is 10.0 Å². The molecule has 0 saturated carbocycles. The van der Waals surface area contributed by atoms with Gasteiger partial charge in [0, 0.05) is 46.8 Å². The molecule has 0 unspecified atom stereocenters. The molecule has 37 heavy (non-hydrogen) atoms. The molecule has 3 N–H and O–H groups in total. The van der Waals surface area contributed by atoms with Gasteiger partial charge in [-0.05, 0) is 53.6 Å². The molecule has 198 valence electrons. The van der Waals surface area contributed by atoms with Gasteiger partial charge in [-0.2, -0.15) is 0 Å². The van der Waals surface area contributed by atoms with Crippen molar-refractivity contribution in [3.63, 3.8) is 0 Å². The van der Waals surface area contributed by atoms with Crippen molar-refractivity contribution in [1.29, 1.82) is 0 Å². The summed E-state index contributed by atoms with van der Waals surface area (Å²) in [5.74, 6) is -0.450. The van der Waals surface area contributed by atoms with Crippen LogP contribution in [0, 0.1) is 5.92 Å². The van der Waals surface area contributed by atoms with Crippen LogP contribution in [0.1, 0.15) is 27.5 Å². The Morgan fingerprint density at radius 2 is 1.54 bits per heavy atom. The van der Waals surface area contributed by atoms with Crippen molar-refractivity contribution in [1.82, 2.24) is 10.2 Å². The molecule has 3 aromatic rings. The average molecular weight is 585 g/mol. The summed E-state index contributed by atoms with van der Waals surface area (Å²) in [4.78, 5) is 14.3. The third kappa shape index (κ3) is 7.83. The molecule has 0 atom stereocenters. The number of hydrogen-bond acceptors (Lipinski definition) is 5. The number of hydrogen-bond donors (Lipinski definition) is 3. The molecule has 0 aromatic heterocycles. The predicted molar refractivity (Wildman–Crippen MR) is 150 cm³/mol. The lowest BCUT2D eigenvalue weighted by Crippen LogP contribution is -2.51. The number of nitrogens with zero attached hydrogens (tertiary/aromatic N) is 1. The molecule has 11 heteroatoms. The minimum atomic E-state index is -3.63. The summed E-state index contributed by atoms with van der Waals surface area (Å²) in [5, 5.41) is 12.7. The normalized spacial score (nSPS) is 14.1. The average Bonchev–Trinajstić information content (AvgIpc) is 2.83. The van der Waals surface area contributed by atoms with Crippen molar-refractivity contribution in [3.05, 3.63) is 99.5 Å². The number of likely N-dealkylation sites (tertiary alicyclic amines) is 1. The van der Waals surface area contributed by atoms with Crippen LogP contribution in [0.2, 0.25) is 10.0 Å². The first-order valence-electron chi connectivity index (χ1n) is 11.5. The Kier molecular flexibility index (Phi) is 10.2. The highest BCUT2D eigenvalue weighted by atomic mass is 35.5. The Morgan fingerprint density at radius 1 is 0.973 bits per heavy atom. The lowest BCUT2D eigenvalue weighted by atomic mass is 9.91. The molecule has 0 aliphatic carbocycles. The summed E-state index contributed by atoms with van der Waals surface area (Å²) in [6, 6.07) is 21.6. The first-order chi connectivity index (χ1) is 17.2. The van der Waals surface area contributed by atoms with Crippen LogP contribution >= 0.6 is 35.6 Å². The van der Waals surface area contributed by atoms with E-state index in [0.29, 0.717) is 34.4 Å². The summed E-state index contributed by atoms with van der Waals surface area (Å²) in [7, 11) is -3.63. The summed E-state index contributed by atoms with van der Waals surface area (Å²) in [6.45, 7) is 1.17. The van der Waals surface area contributed by atoms with E-state index in [2.05, 4.69) is 14.9 Å². The third-order valence-electron chi connectivity index (χ3n) is 5.97. The van der Waals surface area contributed by atoms with Gasteiger partial charge >= 0.3 is 0 Å². The molecule has 1 amide bonds. The van der Waals surface area contributed by atoms with Gasteiger partial charge in [0.2, 0.25) is 10.0 Å². The Balaban J connectivity index is 0.00000380. The van der Waals surface area contributed by atoms with Crippen LogP contribution in [0.4, 0.5) is 5.69 Å². The fourth-order valence-electron chi connectivity index (χ4n) is 4.36. The van der Waals surface area contributed by atoms with Crippen LogP contribution in [-0.2, 0) is 10.0 Å². The highest BCUT2D eigenvalue weighted by Crippen LogP contribution is 2.35. The van der Waals surface area contributed by atoms with E-state index in [0.717, 1.165) is 11.1 Å². The zero-order valence-corrected chi connectivity index (χ0v) is 23.0. The molecule has 1 fully saturated rings. The molecule has 1 aliphatic rings. The second-order valence-electron chi connectivity index (χ2n) is 8.77. The maximum atomic E-state index is 12.9. The van der Waals surface area contributed by atoms with E-state index in [1.807, 2.05) is 48.5 Å². The van der Waals surface area contributed by atoms with Gasteiger partial charge in [-0.1, -0.05) is 53.5 Å². The number of carbonyl (C=O) groups is 1. The molecule has 1 heterocycles. The predicted octanol–water partition coefficient (Wildman–Crippen LogP) is 4.60. The molecule has 7 nitrogen and oxygen atoms in total. The number of sulfonamides is 1. The van der Waals surface area contributed by atoms with Gasteiger partial charge in [-0.15, -0.1) is 12.4 Å². The number of nitrogens with one attached hydrogen (secondary N) is 2. The lowest BCUT2D eigenvalue weighted by Gasteiger charge is -2.44. The molecule has 0 radical (unpaired) electrons. The first-order valence-corrected chi connectivity index (χ1v) is 13.9. The Labute approximate surface area is 233 Å². The molecular weight excluding hydrogens is 557 g/mol. The van der Waals surface area contributed by atoms with E-state index in [1.165, 1.54) is 6.07 Å². The minimum absolute atomic E-state index is 0. The smallest absolute Gasteiger partial charge is 0.251 e. The van der Waals surface area contributed by atoms with Gasteiger partial charge in [-0.25, -0.2) is 8.42 Å². The maximum absolute atomic E-state index is 12.9. The van der Waals surface area contributed by atoms with Crippen molar-refractivity contribution in [2.45, 2.75) is 6.04 Å². The van der Waals surface area contributed by atoms with E-state index in [1.54, 1.807) is 18.2 Å². The number of amides is 1. The minimum Gasteiger partial charge on any atom is -0.395 e. The quantitative estimate of drug-likeness (QED) is 0.324. The third-order valence-corrected chi connectivity index (χ3v) is 7.93. The summed E-state index contributed by atoms with van der Waals surface area (Å²) in [5.41, 5.74) is 2.77. The lowest BCUT2D eigenvalue weighted by molar-refractivity contribution is 0.0813. The number of anilines is 1. The highest BCUT2D eigenvalue weighted by molar-refractivity contribution is 7.92. The molecule has 1 aliphatic heterocycles. The SMILES string of the molecule is Cl.O=C(NCCO)c1cccc(NS(=O)(=O)CC2CN(C(c3ccc(Cl)cc3)c3ccc(Cl)cc3)C2)c1. The highest BCUT2D eigenvalue weighted by Gasteiger charge is 2.36. The molecule has 3 aromatic carbocycles. The van der Waals surface area contributed by atoms with Crippen LogP contribution in [0.25, 0.3) is 0 Å². The second-order valence-corrected chi connectivity index (χ2v) is 11.4. The van der Waals surface area contributed by atoms with Gasteiger partial charge in [-0.3, -0.25) is 14.4 Å². The maximum Gasteiger partial charge on any atom is 0.251 e. The van der Waals surface area contributed by atoms with E-state index >= 15 is 0 Å². The Bertz CT molecular complexity index is 1250. The van der Waals surface area contributed by atoms with E-state index in [9.17, 15) is 13.2 Å². The van der Waals surface area contributed by atoms with Crippen molar-refractivity contribution >= 4 is 57.2 Å². The number of carbonyl (C=O) groups excluding carboxylic acids is 1. The van der Waals surface area contributed by atoms with Crippen molar-refractivity contribution in [3.8, 4) is 0 Å². The fourth-order valence-corrected chi connectivity index (χ4v) is 6.01. The topological polar surface area (TPSA) is 98.7 Å². The molecule has 0 bridgehead atoms. The number of benzene rings is 3. The zero-order chi connectivity index (χ0) is 25.7. The second kappa shape index (κ2) is 13.0. The first kappa shape index (κ1) is 29.2. The van der Waals surface area contributed by atoms with Crippen LogP contribution in [0.5, 0.6) is 0 Å². The fraction of sp³-hybridized carbons (Fsp3) is 0.269. The van der Waals surface area contributed by atoms with Gasteiger partial charge in [0.1, 0.15) is 0 Å². The standard InChI is InChI=1S/C26H27Cl2N3O4S.ClH/c27-22-8-4-19(5-9-22)25(20-6-10-23(28)11-7-20)31-15-18(16-31)17-36(34,35)30-24-3-1-2-21(14-24)26(33)29-12-13-32;/h1-11,14,18,25,30,32H,12-13,15-17H2,(H,29,33);1H. The van der Waals surface area contributed by atoms with Crippen molar-refractivity contribution in [2.75, 3.05) is 36.7 Å². The van der Waals surface area contributed by atoms with Gasteiger partial charge in [0.05, 0.1) is 18.4 Å². The zero-order valence-electron chi connectivity index (χ0n) is 19.8. The number of rotatable bonds is 10. The van der Waals surface area contributed by atoms with Crippen molar-refractivity contribution < 1.29 is 18.3 Å². The van der Waals surface area contributed by atoms with Crippen molar-refractivity contribution in [2.24, 2.45) is 5.92 Å². The number of aliphatic hydroxyl groups is 1. The molecule has 4 rings (SSSR count). The van der Waals surface area contributed by atoms with Crippen LogP contribution in [0.3, 0.4) is 0 Å². The van der Waals surface area contributed by atoms with E-state index in [-0.39, 0.29) is 49.2 Å². The molecule has 0 spiro atoms. The van der Waals surface area contributed by atoms with E-state index < -0.39 is 10.0 Å². The summed E-state index contributed by atoms with van der Waals surface area (Å²) >= 11 is 12.2. The Morgan fingerprint density at radius 3 is 2.08 bits per heavy atom. The molecular formula is C26H28Cl3N3O4S. The monoisotopic (exact) mass is 583 g/mol. The van der Waals surface area contributed by atoms with Gasteiger partial charge < -0.3 is 10.4 Å². The van der Waals surface area contributed by atoms with E-state index in [4.69, 9.17) is 28.3 Å². The molecule has 1 saturated heterocycles. The number of aliphatic hydroxyl groups excluding tert-OH is 1. The van der Waals surface area contributed by atoms with Gasteiger partial charge in [0.25, 0.3) is 5.91 Å². The summed E-state index contributed by atoms with van der Waals surface area (Å²) in [6.07, 6.45) is 0. The largest absolute Gasteiger partial charge is 0.395 e. The van der Waals surface area contributed by atoms with Crippen LogP contribution in [-0.4, -0.2) is 56.3 Å². The van der Waals surface area contributed by atoms with Crippen LogP contribution in [0.15, 0.2) is 72.8 Å². The Hall–Kier alpha value is -2.33. The van der Waals surface area contributed by atoms with Gasteiger partial charge in [0.15, 0.2) is 0 Å².